The molecule has 0 aromatic heterocycles. The molecule has 0 spiro atoms. The lowest BCUT2D eigenvalue weighted by Gasteiger charge is -2.30. The Kier molecular flexibility index (Phi) is 3.41. The first kappa shape index (κ1) is 11.7. The van der Waals surface area contributed by atoms with Gasteiger partial charge in [0.05, 0.1) is 10.7 Å². The third-order valence-corrected chi connectivity index (χ3v) is 3.31. The smallest absolute Gasteiger partial charge is 0.226 e. The Balaban J connectivity index is 2.49. The van der Waals surface area contributed by atoms with E-state index in [-0.39, 0.29) is 5.91 Å². The summed E-state index contributed by atoms with van der Waals surface area (Å²) >= 11 is 12.1. The van der Waals surface area contributed by atoms with Crippen LogP contribution in [-0.4, -0.2) is 12.5 Å². The first-order valence-electron chi connectivity index (χ1n) is 5.41. The number of anilines is 1. The van der Waals surface area contributed by atoms with E-state index >= 15 is 0 Å². The lowest BCUT2D eigenvalue weighted by molar-refractivity contribution is -0.118. The first-order chi connectivity index (χ1) is 7.63. The molecule has 1 heterocycles. The summed E-state index contributed by atoms with van der Waals surface area (Å²) in [6.07, 6.45) is 2.40. The van der Waals surface area contributed by atoms with E-state index in [1.165, 1.54) is 0 Å². The largest absolute Gasteiger partial charge is 0.311 e. The predicted molar refractivity (Wildman–Crippen MR) is 67.4 cm³/mol. The maximum Gasteiger partial charge on any atom is 0.226 e. The molecule has 0 saturated heterocycles. The summed E-state index contributed by atoms with van der Waals surface area (Å²) in [7, 11) is 0. The average Bonchev–Trinajstić information content (AvgIpc) is 2.26. The van der Waals surface area contributed by atoms with Gasteiger partial charge in [0.25, 0.3) is 0 Å². The molecule has 0 unspecified atom stereocenters. The van der Waals surface area contributed by atoms with Crippen molar-refractivity contribution in [3.63, 3.8) is 0 Å². The molecule has 1 aromatic carbocycles. The monoisotopic (exact) mass is 257 g/mol. The minimum Gasteiger partial charge on any atom is -0.311 e. The Morgan fingerprint density at radius 2 is 2.19 bits per heavy atom. The van der Waals surface area contributed by atoms with Gasteiger partial charge in [0.15, 0.2) is 0 Å². The molecule has 4 heteroatoms. The molecular weight excluding hydrogens is 245 g/mol. The summed E-state index contributed by atoms with van der Waals surface area (Å²) in [6, 6.07) is 3.60. The molecule has 0 aliphatic carbocycles. The highest BCUT2D eigenvalue weighted by molar-refractivity contribution is 6.37. The molecule has 0 atom stereocenters. The number of carbonyl (C=O) groups is 1. The highest BCUT2D eigenvalue weighted by Crippen LogP contribution is 2.37. The van der Waals surface area contributed by atoms with Crippen LogP contribution in [0.1, 0.15) is 25.3 Å². The highest BCUT2D eigenvalue weighted by atomic mass is 35.5. The number of carbonyl (C=O) groups excluding carboxylic acids is 1. The summed E-state index contributed by atoms with van der Waals surface area (Å²) < 4.78 is 0. The molecule has 16 heavy (non-hydrogen) atoms. The Bertz CT molecular complexity index is 431. The van der Waals surface area contributed by atoms with Crippen molar-refractivity contribution in [3.8, 4) is 0 Å². The van der Waals surface area contributed by atoms with Crippen LogP contribution in [0.15, 0.2) is 12.1 Å². The number of nitrogens with zero attached hydrogens (tertiary/aromatic N) is 1. The summed E-state index contributed by atoms with van der Waals surface area (Å²) in [5.74, 6) is 0.116. The first-order valence-corrected chi connectivity index (χ1v) is 6.17. The van der Waals surface area contributed by atoms with Gasteiger partial charge in [-0.25, -0.2) is 0 Å². The van der Waals surface area contributed by atoms with Crippen molar-refractivity contribution in [2.45, 2.75) is 26.2 Å². The van der Waals surface area contributed by atoms with Gasteiger partial charge in [0.1, 0.15) is 0 Å². The molecule has 1 aromatic rings. The SMILES string of the molecule is CCC(=O)N1CCCc2cc(Cl)cc(Cl)c21. The Morgan fingerprint density at radius 3 is 2.88 bits per heavy atom. The fraction of sp³-hybridized carbons (Fsp3) is 0.417. The zero-order chi connectivity index (χ0) is 11.7. The van der Waals surface area contributed by atoms with Gasteiger partial charge < -0.3 is 4.90 Å². The van der Waals surface area contributed by atoms with Gasteiger partial charge >= 0.3 is 0 Å². The van der Waals surface area contributed by atoms with E-state index in [0.717, 1.165) is 30.6 Å². The molecule has 0 radical (unpaired) electrons. The highest BCUT2D eigenvalue weighted by Gasteiger charge is 2.24. The Morgan fingerprint density at radius 1 is 1.44 bits per heavy atom. The van der Waals surface area contributed by atoms with Gasteiger partial charge in [-0.3, -0.25) is 4.79 Å². The van der Waals surface area contributed by atoms with Crippen molar-refractivity contribution in [1.82, 2.24) is 0 Å². The Hall–Kier alpha value is -0.730. The average molecular weight is 258 g/mol. The normalized spacial score (nSPS) is 14.8. The molecule has 86 valence electrons. The van der Waals surface area contributed by atoms with Gasteiger partial charge in [-0.2, -0.15) is 0 Å². The molecule has 0 bridgehead atoms. The Labute approximate surface area is 105 Å². The molecule has 1 amide bonds. The number of rotatable bonds is 1. The molecule has 2 nitrogen and oxygen atoms in total. The minimum absolute atomic E-state index is 0.116. The maximum atomic E-state index is 11.8. The van der Waals surface area contributed by atoms with E-state index in [0.29, 0.717) is 16.5 Å². The van der Waals surface area contributed by atoms with E-state index in [4.69, 9.17) is 23.2 Å². The van der Waals surface area contributed by atoms with Crippen molar-refractivity contribution in [2.75, 3.05) is 11.4 Å². The van der Waals surface area contributed by atoms with Crippen LogP contribution >= 0.6 is 23.2 Å². The van der Waals surface area contributed by atoms with Crippen molar-refractivity contribution >= 4 is 34.8 Å². The summed E-state index contributed by atoms with van der Waals surface area (Å²) in [5.41, 5.74) is 1.93. The van der Waals surface area contributed by atoms with Crippen molar-refractivity contribution in [1.29, 1.82) is 0 Å². The fourth-order valence-electron chi connectivity index (χ4n) is 2.09. The molecule has 0 N–H and O–H groups in total. The van der Waals surface area contributed by atoms with Gasteiger partial charge in [0.2, 0.25) is 5.91 Å². The number of amides is 1. The lowest BCUT2D eigenvalue weighted by Crippen LogP contribution is -2.35. The van der Waals surface area contributed by atoms with Crippen LogP contribution in [0.3, 0.4) is 0 Å². The second-order valence-corrected chi connectivity index (χ2v) is 4.74. The third-order valence-electron chi connectivity index (χ3n) is 2.81. The topological polar surface area (TPSA) is 20.3 Å². The second kappa shape index (κ2) is 4.64. The van der Waals surface area contributed by atoms with E-state index in [1.54, 1.807) is 11.0 Å². The fourth-order valence-corrected chi connectivity index (χ4v) is 2.73. The van der Waals surface area contributed by atoms with Crippen LogP contribution in [0, 0.1) is 0 Å². The molecule has 2 rings (SSSR count). The quantitative estimate of drug-likeness (QED) is 0.752. The van der Waals surface area contributed by atoms with Crippen LogP contribution in [0.4, 0.5) is 5.69 Å². The number of aryl methyl sites for hydroxylation is 1. The van der Waals surface area contributed by atoms with Crippen LogP contribution in [0.2, 0.25) is 10.0 Å². The maximum absolute atomic E-state index is 11.8. The predicted octanol–water partition coefficient (Wildman–Crippen LogP) is 3.68. The molecule has 0 saturated carbocycles. The molecule has 1 aliphatic rings. The van der Waals surface area contributed by atoms with Crippen LogP contribution in [0.25, 0.3) is 0 Å². The van der Waals surface area contributed by atoms with Crippen LogP contribution < -0.4 is 4.90 Å². The summed E-state index contributed by atoms with van der Waals surface area (Å²) in [4.78, 5) is 13.6. The number of hydrogen-bond donors (Lipinski definition) is 0. The van der Waals surface area contributed by atoms with Crippen molar-refractivity contribution in [2.24, 2.45) is 0 Å². The summed E-state index contributed by atoms with van der Waals surface area (Å²) in [6.45, 7) is 2.61. The van der Waals surface area contributed by atoms with E-state index in [9.17, 15) is 4.79 Å². The number of hydrogen-bond acceptors (Lipinski definition) is 1. The van der Waals surface area contributed by atoms with Gasteiger partial charge in [-0.1, -0.05) is 30.1 Å². The van der Waals surface area contributed by atoms with Gasteiger partial charge in [0, 0.05) is 18.0 Å². The molecule has 1 aliphatic heterocycles. The second-order valence-electron chi connectivity index (χ2n) is 3.90. The van der Waals surface area contributed by atoms with Crippen molar-refractivity contribution < 1.29 is 4.79 Å². The van der Waals surface area contributed by atoms with Crippen LogP contribution in [-0.2, 0) is 11.2 Å². The zero-order valence-corrected chi connectivity index (χ0v) is 10.6. The van der Waals surface area contributed by atoms with Crippen LogP contribution in [0.5, 0.6) is 0 Å². The zero-order valence-electron chi connectivity index (χ0n) is 9.09. The standard InChI is InChI=1S/C12H13Cl2NO/c1-2-11(16)15-5-3-4-8-6-9(13)7-10(14)12(8)15/h6-7H,2-5H2,1H3. The van der Waals surface area contributed by atoms with E-state index < -0.39 is 0 Å². The summed E-state index contributed by atoms with van der Waals surface area (Å²) in [5, 5.41) is 1.21. The van der Waals surface area contributed by atoms with Crippen molar-refractivity contribution in [3.05, 3.63) is 27.7 Å². The lowest BCUT2D eigenvalue weighted by atomic mass is 10.0. The number of fused-ring (bicyclic) bond motifs is 1. The van der Waals surface area contributed by atoms with E-state index in [1.807, 2.05) is 13.0 Å². The molecule has 0 fully saturated rings. The van der Waals surface area contributed by atoms with E-state index in [2.05, 4.69) is 0 Å². The minimum atomic E-state index is 0.116. The van der Waals surface area contributed by atoms with Gasteiger partial charge in [-0.15, -0.1) is 0 Å². The molecular formula is C12H13Cl2NO. The van der Waals surface area contributed by atoms with Gasteiger partial charge in [-0.05, 0) is 30.5 Å². The third kappa shape index (κ3) is 2.04. The number of halogens is 2. The number of benzene rings is 1.